The number of ether oxygens (including phenoxy) is 2. The monoisotopic (exact) mass is 399 g/mol. The zero-order valence-corrected chi connectivity index (χ0v) is 16.8. The Morgan fingerprint density at radius 3 is 2.76 bits per heavy atom. The van der Waals surface area contributed by atoms with E-state index < -0.39 is 0 Å². The van der Waals surface area contributed by atoms with Gasteiger partial charge in [0.05, 0.1) is 14.2 Å². The second-order valence-corrected chi connectivity index (χ2v) is 6.59. The van der Waals surface area contributed by atoms with Gasteiger partial charge in [-0.2, -0.15) is 5.10 Å². The first kappa shape index (κ1) is 20.4. The lowest BCUT2D eigenvalue weighted by atomic mass is 10.1. The number of nitrogens with zero attached hydrogens (tertiary/aromatic N) is 4. The molecule has 9 heteroatoms. The fraction of sp³-hybridized carbons (Fsp3) is 0.400. The summed E-state index contributed by atoms with van der Waals surface area (Å²) in [7, 11) is 3.19. The van der Waals surface area contributed by atoms with Crippen LogP contribution in [0.3, 0.4) is 0 Å². The Kier molecular flexibility index (Phi) is 6.48. The van der Waals surface area contributed by atoms with E-state index in [0.29, 0.717) is 55.3 Å². The molecule has 1 amide bonds. The number of carbonyl (C=O) groups is 1. The van der Waals surface area contributed by atoms with Gasteiger partial charge in [0, 0.05) is 31.9 Å². The third kappa shape index (κ3) is 4.74. The van der Waals surface area contributed by atoms with E-state index in [9.17, 15) is 9.59 Å². The minimum atomic E-state index is -0.255. The zero-order valence-electron chi connectivity index (χ0n) is 16.8. The minimum Gasteiger partial charge on any atom is -0.493 e. The third-order valence-electron chi connectivity index (χ3n) is 4.64. The van der Waals surface area contributed by atoms with E-state index in [4.69, 9.17) is 9.47 Å². The molecule has 0 fully saturated rings. The van der Waals surface area contributed by atoms with Crippen molar-refractivity contribution in [3.63, 3.8) is 0 Å². The topological polar surface area (TPSA) is 99.8 Å². The summed E-state index contributed by atoms with van der Waals surface area (Å²) in [5.74, 6) is 1.96. The number of carbonyl (C=O) groups excluding carboxylic acids is 1. The van der Waals surface area contributed by atoms with Crippen molar-refractivity contribution in [2.24, 2.45) is 0 Å². The summed E-state index contributed by atoms with van der Waals surface area (Å²) < 4.78 is 13.5. The van der Waals surface area contributed by atoms with Crippen LogP contribution in [-0.2, 0) is 17.8 Å². The van der Waals surface area contributed by atoms with E-state index >= 15 is 0 Å². The van der Waals surface area contributed by atoms with E-state index in [1.54, 1.807) is 31.0 Å². The van der Waals surface area contributed by atoms with Crippen molar-refractivity contribution >= 4 is 11.6 Å². The molecule has 1 aromatic carbocycles. The number of aryl methyl sites for hydroxylation is 2. The van der Waals surface area contributed by atoms with Gasteiger partial charge in [-0.05, 0) is 37.5 Å². The molecule has 3 rings (SSSR count). The smallest absolute Gasteiger partial charge is 0.310 e. The molecule has 0 aliphatic rings. The van der Waals surface area contributed by atoms with Crippen LogP contribution in [0.1, 0.15) is 24.2 Å². The molecule has 0 saturated heterocycles. The molecule has 2 aromatic heterocycles. The van der Waals surface area contributed by atoms with Gasteiger partial charge in [-0.25, -0.2) is 9.67 Å². The van der Waals surface area contributed by atoms with Crippen LogP contribution in [0, 0.1) is 6.92 Å². The van der Waals surface area contributed by atoms with Gasteiger partial charge in [0.2, 0.25) is 11.6 Å². The van der Waals surface area contributed by atoms with Crippen LogP contribution >= 0.6 is 0 Å². The molecule has 154 valence electrons. The summed E-state index contributed by atoms with van der Waals surface area (Å²) in [6, 6.07) is 5.69. The van der Waals surface area contributed by atoms with Crippen LogP contribution in [0.25, 0.3) is 5.65 Å². The lowest BCUT2D eigenvalue weighted by Gasteiger charge is -2.10. The summed E-state index contributed by atoms with van der Waals surface area (Å²) in [5, 5.41) is 7.18. The maximum absolute atomic E-state index is 12.3. The Bertz CT molecular complexity index is 1060. The molecular formula is C20H25N5O4. The van der Waals surface area contributed by atoms with Gasteiger partial charge >= 0.3 is 5.56 Å². The predicted octanol–water partition coefficient (Wildman–Crippen LogP) is 1.36. The maximum atomic E-state index is 12.3. The van der Waals surface area contributed by atoms with Gasteiger partial charge in [-0.15, -0.1) is 0 Å². The Labute approximate surface area is 168 Å². The van der Waals surface area contributed by atoms with Gasteiger partial charge in [-0.1, -0.05) is 6.07 Å². The second kappa shape index (κ2) is 9.22. The van der Waals surface area contributed by atoms with E-state index in [1.165, 1.54) is 4.68 Å². The van der Waals surface area contributed by atoms with Crippen molar-refractivity contribution in [1.82, 2.24) is 24.5 Å². The van der Waals surface area contributed by atoms with Gasteiger partial charge in [-0.3, -0.25) is 14.0 Å². The number of hydrogen-bond acceptors (Lipinski definition) is 6. The summed E-state index contributed by atoms with van der Waals surface area (Å²) in [6.07, 6.45) is 4.80. The maximum Gasteiger partial charge on any atom is 0.310 e. The predicted molar refractivity (Wildman–Crippen MR) is 107 cm³/mol. The number of methoxy groups -OCH3 is 2. The van der Waals surface area contributed by atoms with Gasteiger partial charge in [0.15, 0.2) is 11.5 Å². The van der Waals surface area contributed by atoms with Crippen LogP contribution in [0.2, 0.25) is 0 Å². The largest absolute Gasteiger partial charge is 0.493 e. The number of aromatic nitrogens is 4. The normalized spacial score (nSPS) is 10.9. The van der Waals surface area contributed by atoms with E-state index in [1.807, 2.05) is 25.1 Å². The number of amides is 1. The Morgan fingerprint density at radius 1 is 1.21 bits per heavy atom. The van der Waals surface area contributed by atoms with Gasteiger partial charge in [0.1, 0.15) is 5.82 Å². The summed E-state index contributed by atoms with van der Waals surface area (Å²) in [4.78, 5) is 28.5. The molecule has 0 unspecified atom stereocenters. The van der Waals surface area contributed by atoms with E-state index in [2.05, 4.69) is 15.4 Å². The fourth-order valence-electron chi connectivity index (χ4n) is 3.12. The lowest BCUT2D eigenvalue weighted by molar-refractivity contribution is -0.121. The van der Waals surface area contributed by atoms with Crippen molar-refractivity contribution in [3.05, 3.63) is 52.3 Å². The summed E-state index contributed by atoms with van der Waals surface area (Å²) in [6.45, 7) is 2.70. The molecule has 0 saturated carbocycles. The molecule has 0 aliphatic carbocycles. The summed E-state index contributed by atoms with van der Waals surface area (Å²) >= 11 is 0. The number of imidazole rings is 1. The first-order valence-electron chi connectivity index (χ1n) is 9.42. The van der Waals surface area contributed by atoms with E-state index in [0.717, 1.165) is 5.56 Å². The van der Waals surface area contributed by atoms with Crippen molar-refractivity contribution in [2.75, 3.05) is 20.8 Å². The average molecular weight is 399 g/mol. The SMILES string of the molecule is COc1ccc(CCNC(=O)CCCn2nc(C)n3ccnc3c2=O)cc1OC. The van der Waals surface area contributed by atoms with Crippen LogP contribution < -0.4 is 20.3 Å². The molecule has 2 heterocycles. The highest BCUT2D eigenvalue weighted by Gasteiger charge is 2.09. The standard InChI is InChI=1S/C20H25N5O4/c1-14-23-25(20(27)19-22-10-12-24(14)19)11-4-5-18(26)21-9-8-15-6-7-16(28-2)17(13-15)29-3/h6-7,10,12-13H,4-5,8-9,11H2,1-3H3,(H,21,26). The van der Waals surface area contributed by atoms with Crippen molar-refractivity contribution in [1.29, 1.82) is 0 Å². The molecular weight excluding hydrogens is 374 g/mol. The Hall–Kier alpha value is -3.36. The molecule has 1 N–H and O–H groups in total. The number of hydrogen-bond donors (Lipinski definition) is 1. The van der Waals surface area contributed by atoms with Crippen molar-refractivity contribution in [2.45, 2.75) is 32.7 Å². The third-order valence-corrected chi connectivity index (χ3v) is 4.64. The number of fused-ring (bicyclic) bond motifs is 1. The first-order valence-corrected chi connectivity index (χ1v) is 9.42. The summed E-state index contributed by atoms with van der Waals surface area (Å²) in [5.41, 5.74) is 1.13. The first-order chi connectivity index (χ1) is 14.0. The molecule has 9 nitrogen and oxygen atoms in total. The average Bonchev–Trinajstić information content (AvgIpc) is 3.22. The van der Waals surface area contributed by atoms with Crippen LogP contribution in [0.5, 0.6) is 11.5 Å². The zero-order chi connectivity index (χ0) is 20.8. The molecule has 29 heavy (non-hydrogen) atoms. The van der Waals surface area contributed by atoms with E-state index in [-0.39, 0.29) is 11.5 Å². The van der Waals surface area contributed by atoms with Crippen LogP contribution in [0.4, 0.5) is 0 Å². The minimum absolute atomic E-state index is 0.0582. The molecule has 3 aromatic rings. The number of benzene rings is 1. The Morgan fingerprint density at radius 2 is 2.00 bits per heavy atom. The number of nitrogens with one attached hydrogen (secondary N) is 1. The van der Waals surface area contributed by atoms with Crippen molar-refractivity contribution in [3.8, 4) is 11.5 Å². The van der Waals surface area contributed by atoms with Crippen LogP contribution in [0.15, 0.2) is 35.4 Å². The second-order valence-electron chi connectivity index (χ2n) is 6.59. The molecule has 0 bridgehead atoms. The number of rotatable bonds is 9. The highest BCUT2D eigenvalue weighted by molar-refractivity contribution is 5.75. The van der Waals surface area contributed by atoms with Crippen LogP contribution in [-0.4, -0.2) is 45.8 Å². The van der Waals surface area contributed by atoms with Gasteiger partial charge < -0.3 is 14.8 Å². The highest BCUT2D eigenvalue weighted by atomic mass is 16.5. The lowest BCUT2D eigenvalue weighted by Crippen LogP contribution is -2.29. The molecule has 0 aliphatic heterocycles. The fourth-order valence-corrected chi connectivity index (χ4v) is 3.12. The Balaban J connectivity index is 1.46. The molecule has 0 radical (unpaired) electrons. The van der Waals surface area contributed by atoms with Gasteiger partial charge in [0.25, 0.3) is 0 Å². The highest BCUT2D eigenvalue weighted by Crippen LogP contribution is 2.27. The molecule has 0 atom stereocenters. The quantitative estimate of drug-likeness (QED) is 0.583. The van der Waals surface area contributed by atoms with Crippen molar-refractivity contribution < 1.29 is 14.3 Å². The molecule has 0 spiro atoms.